The number of carbonyl (C=O) groups is 3. The van der Waals surface area contributed by atoms with Gasteiger partial charge in [0, 0.05) is 12.5 Å². The van der Waals surface area contributed by atoms with E-state index in [1.165, 1.54) is 0 Å². The van der Waals surface area contributed by atoms with E-state index in [2.05, 4.69) is 0 Å². The second-order valence-electron chi connectivity index (χ2n) is 5.35. The normalized spacial score (nSPS) is 23.5. The third-order valence-corrected chi connectivity index (χ3v) is 3.97. The van der Waals surface area contributed by atoms with Crippen LogP contribution in [0, 0.1) is 5.92 Å². The van der Waals surface area contributed by atoms with Gasteiger partial charge in [-0.25, -0.2) is 9.59 Å². The summed E-state index contributed by atoms with van der Waals surface area (Å²) in [6, 6.07) is 8.95. The predicted octanol–water partition coefficient (Wildman–Crippen LogP) is 1.57. The lowest BCUT2D eigenvalue weighted by atomic mass is 9.73. The number of hydrogen-bond donors (Lipinski definition) is 2. The van der Waals surface area contributed by atoms with Gasteiger partial charge in [0.25, 0.3) is 0 Å². The molecule has 0 bridgehead atoms. The lowest BCUT2D eigenvalue weighted by Crippen LogP contribution is -2.72. The molecule has 0 radical (unpaired) electrons. The Labute approximate surface area is 127 Å². The number of amides is 1. The van der Waals surface area contributed by atoms with Crippen LogP contribution in [0.25, 0.3) is 0 Å². The summed E-state index contributed by atoms with van der Waals surface area (Å²) >= 11 is 0. The van der Waals surface area contributed by atoms with Gasteiger partial charge in [-0.3, -0.25) is 9.69 Å². The second kappa shape index (κ2) is 6.05. The van der Waals surface area contributed by atoms with Crippen LogP contribution in [0.3, 0.4) is 0 Å². The maximum Gasteiger partial charge on any atom is 0.411 e. The van der Waals surface area contributed by atoms with Crippen molar-refractivity contribution in [3.8, 4) is 0 Å². The van der Waals surface area contributed by atoms with Crippen molar-refractivity contribution in [1.82, 2.24) is 4.90 Å². The van der Waals surface area contributed by atoms with Gasteiger partial charge in [-0.2, -0.15) is 0 Å². The van der Waals surface area contributed by atoms with E-state index in [1.807, 2.05) is 6.07 Å². The van der Waals surface area contributed by atoms with Gasteiger partial charge in [-0.05, 0) is 5.56 Å². The monoisotopic (exact) mass is 307 g/mol. The number of benzene rings is 1. The summed E-state index contributed by atoms with van der Waals surface area (Å²) < 4.78 is 5.10. The number of carboxylic acids is 2. The van der Waals surface area contributed by atoms with Crippen LogP contribution in [0.15, 0.2) is 30.3 Å². The lowest BCUT2D eigenvalue weighted by Gasteiger charge is -2.52. The van der Waals surface area contributed by atoms with Crippen molar-refractivity contribution < 1.29 is 29.3 Å². The van der Waals surface area contributed by atoms with Crippen molar-refractivity contribution in [3.05, 3.63) is 35.9 Å². The molecule has 0 aliphatic carbocycles. The fraction of sp³-hybridized carbons (Fsp3) is 0.400. The molecule has 22 heavy (non-hydrogen) atoms. The highest BCUT2D eigenvalue weighted by Gasteiger charge is 2.61. The zero-order valence-electron chi connectivity index (χ0n) is 12.1. The Hall–Kier alpha value is -2.57. The smallest absolute Gasteiger partial charge is 0.411 e. The molecule has 1 heterocycles. The molecule has 7 nitrogen and oxygen atoms in total. The molecular weight excluding hydrogens is 290 g/mol. The zero-order chi connectivity index (χ0) is 16.3. The van der Waals surface area contributed by atoms with Gasteiger partial charge in [0.15, 0.2) is 5.54 Å². The topological polar surface area (TPSA) is 104 Å². The highest BCUT2D eigenvalue weighted by atomic mass is 16.6. The molecule has 1 aliphatic heterocycles. The van der Waals surface area contributed by atoms with E-state index in [0.29, 0.717) is 0 Å². The highest BCUT2D eigenvalue weighted by molar-refractivity contribution is 5.91. The molecule has 1 saturated heterocycles. The van der Waals surface area contributed by atoms with Gasteiger partial charge < -0.3 is 14.9 Å². The quantitative estimate of drug-likeness (QED) is 0.855. The first-order valence-electron chi connectivity index (χ1n) is 6.81. The first kappa shape index (κ1) is 15.8. The van der Waals surface area contributed by atoms with E-state index < -0.39 is 35.9 Å². The van der Waals surface area contributed by atoms with Crippen LogP contribution in [-0.4, -0.2) is 45.2 Å². The van der Waals surface area contributed by atoms with Gasteiger partial charge in [0.05, 0.1) is 6.42 Å². The van der Waals surface area contributed by atoms with Crippen LogP contribution in [0.1, 0.15) is 18.9 Å². The summed E-state index contributed by atoms with van der Waals surface area (Å²) in [5.41, 5.74) is -0.969. The molecule has 7 heteroatoms. The standard InChI is InChI=1S/C15H17NO6/c1-10-8-16(15(10,13(19)20)7-12(17)18)14(21)22-9-11-5-3-2-4-6-11/h2-6,10H,7-9H2,1H3,(H,17,18)(H,19,20)/t10-,15+/m0/s1. The first-order valence-corrected chi connectivity index (χ1v) is 6.81. The van der Waals surface area contributed by atoms with Gasteiger partial charge in [-0.1, -0.05) is 37.3 Å². The second-order valence-corrected chi connectivity index (χ2v) is 5.35. The molecule has 0 aromatic heterocycles. The van der Waals surface area contributed by atoms with Gasteiger partial charge in [-0.15, -0.1) is 0 Å². The minimum Gasteiger partial charge on any atom is -0.481 e. The summed E-state index contributed by atoms with van der Waals surface area (Å²) in [5, 5.41) is 18.3. The maximum absolute atomic E-state index is 12.1. The van der Waals surface area contributed by atoms with Crippen LogP contribution in [0.4, 0.5) is 4.79 Å². The number of carbonyl (C=O) groups excluding carboxylic acids is 1. The molecule has 1 aliphatic rings. The summed E-state index contributed by atoms with van der Waals surface area (Å²) in [7, 11) is 0. The van der Waals surface area contributed by atoms with Gasteiger partial charge >= 0.3 is 18.0 Å². The summed E-state index contributed by atoms with van der Waals surface area (Å²) in [6.07, 6.45) is -1.46. The molecule has 1 aromatic rings. The Morgan fingerprint density at radius 3 is 2.41 bits per heavy atom. The van der Waals surface area contributed by atoms with E-state index in [4.69, 9.17) is 9.84 Å². The Kier molecular flexibility index (Phi) is 4.35. The molecule has 1 fully saturated rings. The number of ether oxygens (including phenoxy) is 1. The van der Waals surface area contributed by atoms with Crippen molar-refractivity contribution in [2.45, 2.75) is 25.5 Å². The minimum atomic E-state index is -1.74. The third kappa shape index (κ3) is 2.74. The Morgan fingerprint density at radius 2 is 1.91 bits per heavy atom. The molecule has 1 amide bonds. The molecule has 0 saturated carbocycles. The number of hydrogen-bond acceptors (Lipinski definition) is 4. The van der Waals surface area contributed by atoms with Crippen molar-refractivity contribution in [2.75, 3.05) is 6.54 Å². The number of rotatable bonds is 5. The fourth-order valence-corrected chi connectivity index (χ4v) is 2.68. The fourth-order valence-electron chi connectivity index (χ4n) is 2.68. The van der Waals surface area contributed by atoms with Crippen molar-refractivity contribution in [3.63, 3.8) is 0 Å². The van der Waals surface area contributed by atoms with Crippen LogP contribution in [0.2, 0.25) is 0 Å². The van der Waals surface area contributed by atoms with Crippen LogP contribution in [-0.2, 0) is 20.9 Å². The van der Waals surface area contributed by atoms with Crippen LogP contribution < -0.4 is 0 Å². The van der Waals surface area contributed by atoms with Gasteiger partial charge in [0.1, 0.15) is 6.61 Å². The maximum atomic E-state index is 12.1. The molecule has 1 aromatic carbocycles. The number of aliphatic carboxylic acids is 2. The molecule has 2 atom stereocenters. The van der Waals surface area contributed by atoms with Crippen LogP contribution >= 0.6 is 0 Å². The predicted molar refractivity (Wildman–Crippen MR) is 75.1 cm³/mol. The average Bonchev–Trinajstić information content (AvgIpc) is 2.48. The highest BCUT2D eigenvalue weighted by Crippen LogP contribution is 2.40. The zero-order valence-corrected chi connectivity index (χ0v) is 12.1. The average molecular weight is 307 g/mol. The largest absolute Gasteiger partial charge is 0.481 e. The van der Waals surface area contributed by atoms with Crippen molar-refractivity contribution in [1.29, 1.82) is 0 Å². The van der Waals surface area contributed by atoms with Crippen LogP contribution in [0.5, 0.6) is 0 Å². The van der Waals surface area contributed by atoms with E-state index in [1.54, 1.807) is 31.2 Å². The Bertz CT molecular complexity index is 587. The van der Waals surface area contributed by atoms with Gasteiger partial charge in [0.2, 0.25) is 0 Å². The number of likely N-dealkylation sites (tertiary alicyclic amines) is 1. The Morgan fingerprint density at radius 1 is 1.27 bits per heavy atom. The first-order chi connectivity index (χ1) is 10.4. The number of carboxylic acid groups (broad SMARTS) is 2. The molecule has 2 N–H and O–H groups in total. The number of nitrogens with zero attached hydrogens (tertiary/aromatic N) is 1. The van der Waals surface area contributed by atoms with E-state index in [9.17, 15) is 19.5 Å². The van der Waals surface area contributed by atoms with E-state index in [-0.39, 0.29) is 13.2 Å². The molecular formula is C15H17NO6. The van der Waals surface area contributed by atoms with E-state index >= 15 is 0 Å². The lowest BCUT2D eigenvalue weighted by molar-refractivity contribution is -0.174. The summed E-state index contributed by atoms with van der Waals surface area (Å²) in [6.45, 7) is 1.78. The summed E-state index contributed by atoms with van der Waals surface area (Å²) in [4.78, 5) is 35.6. The Balaban J connectivity index is 2.08. The molecule has 118 valence electrons. The van der Waals surface area contributed by atoms with E-state index in [0.717, 1.165) is 10.5 Å². The van der Waals surface area contributed by atoms with Crippen molar-refractivity contribution >= 4 is 18.0 Å². The molecule has 0 unspecified atom stereocenters. The molecule has 0 spiro atoms. The summed E-state index contributed by atoms with van der Waals surface area (Å²) in [5.74, 6) is -3.05. The van der Waals surface area contributed by atoms with Crippen molar-refractivity contribution in [2.24, 2.45) is 5.92 Å². The minimum absolute atomic E-state index is 0.00727. The molecule has 2 rings (SSSR count). The SMILES string of the molecule is C[C@H]1CN(C(=O)OCc2ccccc2)[C@@]1(CC(=O)O)C(=O)O. The third-order valence-electron chi connectivity index (χ3n) is 3.97.